The molecule has 1 saturated carbocycles. The molecule has 2 rings (SSSR count). The first-order valence-corrected chi connectivity index (χ1v) is 5.39. The second-order valence-corrected chi connectivity index (χ2v) is 4.43. The second kappa shape index (κ2) is 3.68. The highest BCUT2D eigenvalue weighted by Gasteiger charge is 2.24. The lowest BCUT2D eigenvalue weighted by molar-refractivity contribution is 0.770. The minimum atomic E-state index is 0.597. The summed E-state index contributed by atoms with van der Waals surface area (Å²) in [6.07, 6.45) is 2.70. The second-order valence-electron chi connectivity index (χ2n) is 4.43. The van der Waals surface area contributed by atoms with Crippen LogP contribution in [0.4, 0.5) is 11.6 Å². The van der Waals surface area contributed by atoms with Crippen LogP contribution in [0.2, 0.25) is 0 Å². The quantitative estimate of drug-likeness (QED) is 0.814. The SMILES string of the molecule is Cc1nc(N)c(C)c(N(C)CC2CC2)n1. The fraction of sp³-hybridized carbons (Fsp3) is 0.636. The summed E-state index contributed by atoms with van der Waals surface area (Å²) in [4.78, 5) is 10.8. The Labute approximate surface area is 90.5 Å². The summed E-state index contributed by atoms with van der Waals surface area (Å²) in [5.74, 6) is 3.17. The van der Waals surface area contributed by atoms with Gasteiger partial charge in [-0.05, 0) is 32.6 Å². The molecule has 0 aromatic carbocycles. The number of aromatic nitrogens is 2. The Morgan fingerprint density at radius 2 is 2.00 bits per heavy atom. The molecule has 0 amide bonds. The molecule has 1 aliphatic carbocycles. The molecule has 0 atom stereocenters. The minimum absolute atomic E-state index is 0.597. The lowest BCUT2D eigenvalue weighted by Gasteiger charge is -2.20. The van der Waals surface area contributed by atoms with Crippen LogP contribution in [0.3, 0.4) is 0 Å². The maximum Gasteiger partial charge on any atom is 0.137 e. The highest BCUT2D eigenvalue weighted by Crippen LogP contribution is 2.31. The van der Waals surface area contributed by atoms with Gasteiger partial charge >= 0.3 is 0 Å². The van der Waals surface area contributed by atoms with E-state index in [0.717, 1.165) is 29.7 Å². The molecule has 1 aromatic heterocycles. The summed E-state index contributed by atoms with van der Waals surface area (Å²) < 4.78 is 0. The van der Waals surface area contributed by atoms with Crippen LogP contribution < -0.4 is 10.6 Å². The van der Waals surface area contributed by atoms with Crippen LogP contribution in [0.5, 0.6) is 0 Å². The fourth-order valence-electron chi connectivity index (χ4n) is 1.78. The van der Waals surface area contributed by atoms with Gasteiger partial charge in [0, 0.05) is 19.2 Å². The van der Waals surface area contributed by atoms with Crippen LogP contribution in [-0.4, -0.2) is 23.6 Å². The Hall–Kier alpha value is -1.32. The highest BCUT2D eigenvalue weighted by atomic mass is 15.2. The van der Waals surface area contributed by atoms with Gasteiger partial charge in [-0.3, -0.25) is 0 Å². The molecule has 1 aromatic rings. The lowest BCUT2D eigenvalue weighted by Crippen LogP contribution is -2.23. The van der Waals surface area contributed by atoms with E-state index in [1.54, 1.807) is 0 Å². The van der Waals surface area contributed by atoms with Gasteiger partial charge in [-0.2, -0.15) is 0 Å². The third-order valence-electron chi connectivity index (χ3n) is 2.86. The lowest BCUT2D eigenvalue weighted by atomic mass is 10.2. The molecule has 15 heavy (non-hydrogen) atoms. The van der Waals surface area contributed by atoms with Gasteiger partial charge < -0.3 is 10.6 Å². The summed E-state index contributed by atoms with van der Waals surface area (Å²) in [5, 5.41) is 0. The number of nitrogen functional groups attached to an aromatic ring is 1. The molecule has 82 valence electrons. The first kappa shape index (κ1) is 10.2. The molecule has 0 aliphatic heterocycles. The van der Waals surface area contributed by atoms with Crippen molar-refractivity contribution in [1.82, 2.24) is 9.97 Å². The zero-order chi connectivity index (χ0) is 11.0. The van der Waals surface area contributed by atoms with Gasteiger partial charge in [0.2, 0.25) is 0 Å². The van der Waals surface area contributed by atoms with E-state index in [1.807, 2.05) is 13.8 Å². The van der Waals surface area contributed by atoms with Gasteiger partial charge in [0.15, 0.2) is 0 Å². The maximum absolute atomic E-state index is 5.83. The van der Waals surface area contributed by atoms with E-state index < -0.39 is 0 Å². The van der Waals surface area contributed by atoms with Crippen molar-refractivity contribution in [3.8, 4) is 0 Å². The summed E-state index contributed by atoms with van der Waals surface area (Å²) in [7, 11) is 2.08. The molecule has 0 unspecified atom stereocenters. The molecule has 0 radical (unpaired) electrons. The van der Waals surface area contributed by atoms with Crippen molar-refractivity contribution >= 4 is 11.6 Å². The van der Waals surface area contributed by atoms with Gasteiger partial charge in [-0.25, -0.2) is 9.97 Å². The topological polar surface area (TPSA) is 55.0 Å². The number of rotatable bonds is 3. The van der Waals surface area contributed by atoms with Gasteiger partial charge in [0.05, 0.1) is 0 Å². The van der Waals surface area contributed by atoms with Crippen molar-refractivity contribution in [2.75, 3.05) is 24.2 Å². The summed E-state index contributed by atoms with van der Waals surface area (Å²) in [6.45, 7) is 4.94. The average Bonchev–Trinajstić information content (AvgIpc) is 2.94. The predicted octanol–water partition coefficient (Wildman–Crippen LogP) is 1.52. The van der Waals surface area contributed by atoms with Crippen LogP contribution in [-0.2, 0) is 0 Å². The number of hydrogen-bond acceptors (Lipinski definition) is 4. The Balaban J connectivity index is 2.24. The molecular weight excluding hydrogens is 188 g/mol. The molecule has 1 aliphatic rings. The molecule has 1 heterocycles. The van der Waals surface area contributed by atoms with Crippen LogP contribution >= 0.6 is 0 Å². The molecular formula is C11H18N4. The van der Waals surface area contributed by atoms with Crippen molar-refractivity contribution in [1.29, 1.82) is 0 Å². The molecule has 2 N–H and O–H groups in total. The minimum Gasteiger partial charge on any atom is -0.383 e. The Morgan fingerprint density at radius 1 is 1.33 bits per heavy atom. The number of aryl methyl sites for hydroxylation is 1. The van der Waals surface area contributed by atoms with E-state index in [-0.39, 0.29) is 0 Å². The van der Waals surface area contributed by atoms with E-state index in [9.17, 15) is 0 Å². The first-order valence-electron chi connectivity index (χ1n) is 5.39. The third kappa shape index (κ3) is 2.19. The molecule has 4 nitrogen and oxygen atoms in total. The Morgan fingerprint density at radius 3 is 2.60 bits per heavy atom. The molecule has 0 bridgehead atoms. The number of nitrogens with two attached hydrogens (primary N) is 1. The third-order valence-corrected chi connectivity index (χ3v) is 2.86. The van der Waals surface area contributed by atoms with E-state index in [1.165, 1.54) is 12.8 Å². The van der Waals surface area contributed by atoms with E-state index >= 15 is 0 Å². The molecule has 4 heteroatoms. The zero-order valence-electron chi connectivity index (χ0n) is 9.62. The Kier molecular flexibility index (Phi) is 2.50. The number of anilines is 2. The van der Waals surface area contributed by atoms with Gasteiger partial charge in [-0.1, -0.05) is 0 Å². The average molecular weight is 206 g/mol. The van der Waals surface area contributed by atoms with Crippen molar-refractivity contribution in [2.24, 2.45) is 5.92 Å². The largest absolute Gasteiger partial charge is 0.383 e. The van der Waals surface area contributed by atoms with Gasteiger partial charge in [-0.15, -0.1) is 0 Å². The number of nitrogens with zero attached hydrogens (tertiary/aromatic N) is 3. The highest BCUT2D eigenvalue weighted by molar-refractivity contribution is 5.56. The van der Waals surface area contributed by atoms with Crippen molar-refractivity contribution in [2.45, 2.75) is 26.7 Å². The standard InChI is InChI=1S/C11H18N4/c1-7-10(12)13-8(2)14-11(7)15(3)6-9-4-5-9/h9H,4-6H2,1-3H3,(H2,12,13,14). The predicted molar refractivity (Wildman–Crippen MR) is 61.9 cm³/mol. The zero-order valence-corrected chi connectivity index (χ0v) is 9.62. The summed E-state index contributed by atoms with van der Waals surface area (Å²) in [5.41, 5.74) is 6.82. The van der Waals surface area contributed by atoms with E-state index in [2.05, 4.69) is 21.9 Å². The van der Waals surface area contributed by atoms with Crippen LogP contribution in [0, 0.1) is 19.8 Å². The summed E-state index contributed by atoms with van der Waals surface area (Å²) >= 11 is 0. The fourth-order valence-corrected chi connectivity index (χ4v) is 1.78. The van der Waals surface area contributed by atoms with Crippen LogP contribution in [0.25, 0.3) is 0 Å². The van der Waals surface area contributed by atoms with Crippen LogP contribution in [0.15, 0.2) is 0 Å². The van der Waals surface area contributed by atoms with Crippen molar-refractivity contribution in [3.05, 3.63) is 11.4 Å². The van der Waals surface area contributed by atoms with Crippen molar-refractivity contribution < 1.29 is 0 Å². The molecule has 0 spiro atoms. The summed E-state index contributed by atoms with van der Waals surface area (Å²) in [6, 6.07) is 0. The molecule has 0 saturated heterocycles. The van der Waals surface area contributed by atoms with E-state index in [4.69, 9.17) is 5.73 Å². The Bertz CT molecular complexity index is 371. The first-order chi connectivity index (χ1) is 7.08. The smallest absolute Gasteiger partial charge is 0.137 e. The normalized spacial score (nSPS) is 15.4. The van der Waals surface area contributed by atoms with Gasteiger partial charge in [0.1, 0.15) is 17.5 Å². The van der Waals surface area contributed by atoms with Crippen LogP contribution in [0.1, 0.15) is 24.2 Å². The molecule has 1 fully saturated rings. The van der Waals surface area contributed by atoms with E-state index in [0.29, 0.717) is 5.82 Å². The monoisotopic (exact) mass is 206 g/mol. The number of hydrogen-bond donors (Lipinski definition) is 1. The maximum atomic E-state index is 5.83. The van der Waals surface area contributed by atoms with Gasteiger partial charge in [0.25, 0.3) is 0 Å². The van der Waals surface area contributed by atoms with Crippen molar-refractivity contribution in [3.63, 3.8) is 0 Å².